The van der Waals surface area contributed by atoms with Crippen LogP contribution in [0.5, 0.6) is 0 Å². The van der Waals surface area contributed by atoms with Crippen molar-refractivity contribution in [1.82, 2.24) is 5.32 Å². The molecule has 0 bridgehead atoms. The zero-order valence-electron chi connectivity index (χ0n) is 7.50. The lowest BCUT2D eigenvalue weighted by Crippen LogP contribution is -2.59. The van der Waals surface area contributed by atoms with E-state index in [0.29, 0.717) is 6.42 Å². The van der Waals surface area contributed by atoms with E-state index in [1.165, 1.54) is 0 Å². The van der Waals surface area contributed by atoms with Crippen LogP contribution in [0.3, 0.4) is 0 Å². The first-order valence-electron chi connectivity index (χ1n) is 4.15. The minimum absolute atomic E-state index is 0.178. The summed E-state index contributed by atoms with van der Waals surface area (Å²) in [6.07, 6.45) is 0.582. The molecule has 0 spiro atoms. The molecule has 1 atom stereocenters. The highest BCUT2D eigenvalue weighted by atomic mass is 32.2. The molecule has 0 radical (unpaired) electrons. The van der Waals surface area contributed by atoms with E-state index >= 15 is 0 Å². The van der Waals surface area contributed by atoms with Crippen molar-refractivity contribution < 1.29 is 8.42 Å². The predicted octanol–water partition coefficient (Wildman–Crippen LogP) is -0.337. The second-order valence-electron chi connectivity index (χ2n) is 3.57. The summed E-state index contributed by atoms with van der Waals surface area (Å²) >= 11 is 0. The van der Waals surface area contributed by atoms with E-state index in [2.05, 4.69) is 5.32 Å². The summed E-state index contributed by atoms with van der Waals surface area (Å²) in [4.78, 5) is 0. The van der Waals surface area contributed by atoms with Crippen LogP contribution in [0.1, 0.15) is 20.3 Å². The number of primary sulfonamides is 1. The molecular weight excluding hydrogens is 176 g/mol. The van der Waals surface area contributed by atoms with Crippen molar-refractivity contribution in [3.8, 4) is 0 Å². The van der Waals surface area contributed by atoms with Gasteiger partial charge >= 0.3 is 0 Å². The Labute approximate surface area is 73.6 Å². The van der Waals surface area contributed by atoms with Gasteiger partial charge < -0.3 is 5.32 Å². The van der Waals surface area contributed by atoms with Crippen LogP contribution < -0.4 is 10.5 Å². The van der Waals surface area contributed by atoms with E-state index in [9.17, 15) is 8.42 Å². The molecule has 0 amide bonds. The van der Waals surface area contributed by atoms with Gasteiger partial charge in [-0.15, -0.1) is 0 Å². The third kappa shape index (κ3) is 1.36. The zero-order chi connectivity index (χ0) is 9.41. The Hall–Kier alpha value is -0.130. The summed E-state index contributed by atoms with van der Waals surface area (Å²) in [5.41, 5.74) is 0. The van der Waals surface area contributed by atoms with Crippen LogP contribution >= 0.6 is 0 Å². The largest absolute Gasteiger partial charge is 0.316 e. The van der Waals surface area contributed by atoms with Crippen LogP contribution in [-0.4, -0.2) is 26.3 Å². The Kier molecular flexibility index (Phi) is 2.47. The topological polar surface area (TPSA) is 72.2 Å². The molecule has 3 N–H and O–H groups in total. The molecular formula is C7H16N2O2S. The van der Waals surface area contributed by atoms with Crippen molar-refractivity contribution in [2.75, 3.05) is 13.1 Å². The summed E-state index contributed by atoms with van der Waals surface area (Å²) in [6.45, 7) is 5.12. The Balaban J connectivity index is 2.88. The maximum atomic E-state index is 11.3. The number of rotatable bonds is 3. The van der Waals surface area contributed by atoms with Crippen LogP contribution in [0.15, 0.2) is 0 Å². The summed E-state index contributed by atoms with van der Waals surface area (Å²) in [7, 11) is -3.41. The lowest BCUT2D eigenvalue weighted by molar-refractivity contribution is 0.260. The number of nitrogens with two attached hydrogens (primary N) is 1. The Morgan fingerprint density at radius 1 is 1.58 bits per heavy atom. The van der Waals surface area contributed by atoms with Gasteiger partial charge in [0.15, 0.2) is 0 Å². The van der Waals surface area contributed by atoms with E-state index in [1.807, 2.05) is 6.92 Å². The molecule has 1 heterocycles. The van der Waals surface area contributed by atoms with Gasteiger partial charge in [-0.05, 0) is 13.3 Å². The zero-order valence-corrected chi connectivity index (χ0v) is 8.32. The van der Waals surface area contributed by atoms with Gasteiger partial charge in [0.1, 0.15) is 0 Å². The highest BCUT2D eigenvalue weighted by Crippen LogP contribution is 2.30. The van der Waals surface area contributed by atoms with Gasteiger partial charge in [0.2, 0.25) is 10.0 Å². The first-order valence-corrected chi connectivity index (χ1v) is 5.69. The van der Waals surface area contributed by atoms with Gasteiger partial charge in [0.05, 0.1) is 4.75 Å². The third-order valence-corrected chi connectivity index (χ3v) is 4.92. The van der Waals surface area contributed by atoms with Gasteiger partial charge in [0.25, 0.3) is 0 Å². The third-order valence-electron chi connectivity index (χ3n) is 3.00. The molecule has 12 heavy (non-hydrogen) atoms. The van der Waals surface area contributed by atoms with Gasteiger partial charge in [-0.2, -0.15) is 0 Å². The van der Waals surface area contributed by atoms with Crippen molar-refractivity contribution in [3.05, 3.63) is 0 Å². The van der Waals surface area contributed by atoms with E-state index in [4.69, 9.17) is 5.14 Å². The molecule has 72 valence electrons. The predicted molar refractivity (Wildman–Crippen MR) is 48.2 cm³/mol. The molecule has 0 aromatic heterocycles. The van der Waals surface area contributed by atoms with Gasteiger partial charge in [-0.25, -0.2) is 13.6 Å². The van der Waals surface area contributed by atoms with Crippen molar-refractivity contribution in [2.45, 2.75) is 25.0 Å². The fraction of sp³-hybridized carbons (Fsp3) is 1.00. The second-order valence-corrected chi connectivity index (χ2v) is 5.59. The molecule has 1 aliphatic rings. The van der Waals surface area contributed by atoms with Gasteiger partial charge in [-0.1, -0.05) is 6.92 Å². The molecule has 0 aromatic rings. The molecule has 1 fully saturated rings. The molecule has 1 saturated heterocycles. The van der Waals surface area contributed by atoms with Crippen molar-refractivity contribution in [3.63, 3.8) is 0 Å². The molecule has 1 aliphatic heterocycles. The first-order chi connectivity index (χ1) is 5.42. The van der Waals surface area contributed by atoms with Crippen molar-refractivity contribution in [1.29, 1.82) is 0 Å². The number of hydrogen-bond donors (Lipinski definition) is 2. The number of sulfonamides is 1. The van der Waals surface area contributed by atoms with Crippen LogP contribution in [0.4, 0.5) is 0 Å². The maximum absolute atomic E-state index is 11.3. The lowest BCUT2D eigenvalue weighted by Gasteiger charge is -2.40. The second kappa shape index (κ2) is 2.97. The van der Waals surface area contributed by atoms with E-state index in [1.54, 1.807) is 6.92 Å². The average molecular weight is 192 g/mol. The van der Waals surface area contributed by atoms with Crippen LogP contribution in [0, 0.1) is 5.92 Å². The van der Waals surface area contributed by atoms with Gasteiger partial charge in [0, 0.05) is 19.0 Å². The maximum Gasteiger partial charge on any atom is 0.214 e. The Bertz CT molecular complexity index is 259. The Morgan fingerprint density at radius 2 is 2.08 bits per heavy atom. The standard InChI is InChI=1S/C7H16N2O2S/c1-3-7(2,12(8,10)11)6-4-9-5-6/h6,9H,3-5H2,1-2H3,(H2,8,10,11). The van der Waals surface area contributed by atoms with E-state index < -0.39 is 14.8 Å². The summed E-state index contributed by atoms with van der Waals surface area (Å²) in [5.74, 6) is 0.178. The van der Waals surface area contributed by atoms with Crippen LogP contribution in [0.25, 0.3) is 0 Å². The number of nitrogens with one attached hydrogen (secondary N) is 1. The fourth-order valence-corrected chi connectivity index (χ4v) is 2.48. The number of hydrogen-bond acceptors (Lipinski definition) is 3. The molecule has 0 aliphatic carbocycles. The molecule has 4 nitrogen and oxygen atoms in total. The molecule has 5 heteroatoms. The average Bonchev–Trinajstić information content (AvgIpc) is 1.81. The minimum atomic E-state index is -3.41. The highest BCUT2D eigenvalue weighted by Gasteiger charge is 2.45. The molecule has 1 unspecified atom stereocenters. The first kappa shape index (κ1) is 9.95. The van der Waals surface area contributed by atoms with Crippen LogP contribution in [0.2, 0.25) is 0 Å². The van der Waals surface area contributed by atoms with Crippen molar-refractivity contribution >= 4 is 10.0 Å². The summed E-state index contributed by atoms with van der Waals surface area (Å²) in [5, 5.41) is 8.23. The SMILES string of the molecule is CCC(C)(C1CNC1)S(N)(=O)=O. The summed E-state index contributed by atoms with van der Waals surface area (Å²) in [6, 6.07) is 0. The quantitative estimate of drug-likeness (QED) is 0.642. The van der Waals surface area contributed by atoms with Crippen molar-refractivity contribution in [2.24, 2.45) is 11.1 Å². The fourth-order valence-electron chi connectivity index (χ4n) is 1.44. The van der Waals surface area contributed by atoms with E-state index in [-0.39, 0.29) is 5.92 Å². The smallest absolute Gasteiger partial charge is 0.214 e. The van der Waals surface area contributed by atoms with Crippen LogP contribution in [-0.2, 0) is 10.0 Å². The molecule has 0 aromatic carbocycles. The Morgan fingerprint density at radius 3 is 2.17 bits per heavy atom. The highest BCUT2D eigenvalue weighted by molar-refractivity contribution is 7.90. The minimum Gasteiger partial charge on any atom is -0.316 e. The lowest BCUT2D eigenvalue weighted by atomic mass is 9.86. The summed E-state index contributed by atoms with van der Waals surface area (Å²) < 4.78 is 21.8. The van der Waals surface area contributed by atoms with E-state index in [0.717, 1.165) is 13.1 Å². The monoisotopic (exact) mass is 192 g/mol. The van der Waals surface area contributed by atoms with Gasteiger partial charge in [-0.3, -0.25) is 0 Å². The molecule has 0 saturated carbocycles. The normalized spacial score (nSPS) is 24.6. The molecule has 1 rings (SSSR count).